The van der Waals surface area contributed by atoms with Crippen LogP contribution < -0.4 is 10.1 Å². The maximum atomic E-state index is 14.1. The predicted octanol–water partition coefficient (Wildman–Crippen LogP) is 4.45. The van der Waals surface area contributed by atoms with Crippen LogP contribution in [-0.4, -0.2) is 11.5 Å². The van der Waals surface area contributed by atoms with Gasteiger partial charge in [0.2, 0.25) is 0 Å². The van der Waals surface area contributed by atoms with Crippen LogP contribution in [0.2, 0.25) is 0 Å². The first-order valence-electron chi connectivity index (χ1n) is 6.42. The van der Waals surface area contributed by atoms with E-state index in [-0.39, 0.29) is 17.6 Å². The first kappa shape index (κ1) is 14.9. The van der Waals surface area contributed by atoms with E-state index in [0.717, 1.165) is 16.6 Å². The van der Waals surface area contributed by atoms with Gasteiger partial charge >= 0.3 is 0 Å². The first-order valence-corrected chi connectivity index (χ1v) is 7.21. The van der Waals surface area contributed by atoms with E-state index < -0.39 is 0 Å². The van der Waals surface area contributed by atoms with Gasteiger partial charge in [-0.3, -0.25) is 4.98 Å². The van der Waals surface area contributed by atoms with Crippen molar-refractivity contribution in [2.75, 3.05) is 6.54 Å². The van der Waals surface area contributed by atoms with E-state index in [1.54, 1.807) is 24.5 Å². The second-order valence-corrected chi connectivity index (χ2v) is 5.29. The van der Waals surface area contributed by atoms with Crippen LogP contribution in [0.4, 0.5) is 4.39 Å². The molecule has 0 aliphatic carbocycles. The highest BCUT2D eigenvalue weighted by atomic mass is 79.9. The molecule has 0 amide bonds. The summed E-state index contributed by atoms with van der Waals surface area (Å²) in [4.78, 5) is 4.01. The monoisotopic (exact) mass is 338 g/mol. The molecule has 0 spiro atoms. The summed E-state index contributed by atoms with van der Waals surface area (Å²) in [5, 5.41) is 3.25. The van der Waals surface area contributed by atoms with Crippen LogP contribution in [0.25, 0.3) is 0 Å². The number of hydrogen-bond donors (Lipinski definition) is 1. The average molecular weight is 339 g/mol. The van der Waals surface area contributed by atoms with Crippen LogP contribution in [0.3, 0.4) is 0 Å². The Morgan fingerprint density at radius 2 is 2.20 bits per heavy atom. The molecule has 20 heavy (non-hydrogen) atoms. The van der Waals surface area contributed by atoms with Crippen molar-refractivity contribution < 1.29 is 9.13 Å². The Bertz CT molecular complexity index is 592. The molecular formula is C15H16BrFN2O. The summed E-state index contributed by atoms with van der Waals surface area (Å²) in [7, 11) is 0. The van der Waals surface area contributed by atoms with Gasteiger partial charge in [-0.05, 0) is 41.5 Å². The van der Waals surface area contributed by atoms with Gasteiger partial charge in [0.05, 0.1) is 6.20 Å². The Morgan fingerprint density at radius 1 is 1.40 bits per heavy atom. The molecule has 1 heterocycles. The molecule has 0 aliphatic rings. The molecule has 0 fully saturated rings. The number of aromatic nitrogens is 1. The molecule has 5 heteroatoms. The van der Waals surface area contributed by atoms with Crippen LogP contribution in [0, 0.1) is 5.82 Å². The fourth-order valence-electron chi connectivity index (χ4n) is 1.96. The van der Waals surface area contributed by atoms with Gasteiger partial charge in [0.25, 0.3) is 0 Å². The van der Waals surface area contributed by atoms with Gasteiger partial charge in [0.15, 0.2) is 11.6 Å². The Labute approximate surface area is 126 Å². The number of hydrogen-bond acceptors (Lipinski definition) is 3. The van der Waals surface area contributed by atoms with E-state index in [1.807, 2.05) is 19.9 Å². The molecule has 0 radical (unpaired) electrons. The van der Waals surface area contributed by atoms with Gasteiger partial charge in [0.1, 0.15) is 5.75 Å². The van der Waals surface area contributed by atoms with E-state index in [1.165, 1.54) is 6.07 Å². The Hall–Kier alpha value is -1.46. The summed E-state index contributed by atoms with van der Waals surface area (Å²) < 4.78 is 20.5. The Kier molecular flexibility index (Phi) is 5.09. The number of rotatable bonds is 5. The highest BCUT2D eigenvalue weighted by molar-refractivity contribution is 9.10. The third-order valence-corrected chi connectivity index (χ3v) is 3.31. The van der Waals surface area contributed by atoms with Gasteiger partial charge in [-0.15, -0.1) is 0 Å². The lowest BCUT2D eigenvalue weighted by atomic mass is 10.1. The fraction of sp³-hybridized carbons (Fsp3) is 0.267. The zero-order chi connectivity index (χ0) is 14.5. The molecular weight excluding hydrogens is 323 g/mol. The molecule has 1 N–H and O–H groups in total. The van der Waals surface area contributed by atoms with E-state index in [4.69, 9.17) is 4.74 Å². The predicted molar refractivity (Wildman–Crippen MR) is 80.5 cm³/mol. The standard InChI is InChI=1S/C15H16BrFN2O/c1-3-19-10(2)13-5-4-6-14(17)15(13)20-12-7-11(16)8-18-9-12/h4-10,19H,3H2,1-2H3. The summed E-state index contributed by atoms with van der Waals surface area (Å²) in [6.45, 7) is 4.79. The van der Waals surface area contributed by atoms with Crippen LogP contribution in [0.15, 0.2) is 41.1 Å². The molecule has 0 bridgehead atoms. The maximum absolute atomic E-state index is 14.1. The molecule has 2 aromatic rings. The molecule has 2 rings (SSSR count). The van der Waals surface area contributed by atoms with Crippen LogP contribution in [0.1, 0.15) is 25.5 Å². The van der Waals surface area contributed by atoms with E-state index >= 15 is 0 Å². The summed E-state index contributed by atoms with van der Waals surface area (Å²) in [5.41, 5.74) is 0.784. The number of ether oxygens (including phenoxy) is 1. The number of halogens is 2. The normalized spacial score (nSPS) is 12.2. The minimum Gasteiger partial charge on any atom is -0.452 e. The van der Waals surface area contributed by atoms with Gasteiger partial charge in [-0.25, -0.2) is 4.39 Å². The lowest BCUT2D eigenvalue weighted by Gasteiger charge is -2.18. The zero-order valence-corrected chi connectivity index (χ0v) is 12.9. The van der Waals surface area contributed by atoms with Gasteiger partial charge in [0, 0.05) is 22.3 Å². The smallest absolute Gasteiger partial charge is 0.167 e. The molecule has 1 aromatic carbocycles. The minimum atomic E-state index is -0.382. The SMILES string of the molecule is CCNC(C)c1cccc(F)c1Oc1cncc(Br)c1. The van der Waals surface area contributed by atoms with Crippen molar-refractivity contribution >= 4 is 15.9 Å². The Balaban J connectivity index is 2.35. The quantitative estimate of drug-likeness (QED) is 0.874. The third kappa shape index (κ3) is 3.55. The topological polar surface area (TPSA) is 34.1 Å². The highest BCUT2D eigenvalue weighted by Crippen LogP contribution is 2.32. The van der Waals surface area contributed by atoms with Crippen LogP contribution >= 0.6 is 15.9 Å². The second kappa shape index (κ2) is 6.81. The molecule has 1 aromatic heterocycles. The Morgan fingerprint density at radius 3 is 2.90 bits per heavy atom. The fourth-order valence-corrected chi connectivity index (χ4v) is 2.30. The molecule has 0 saturated carbocycles. The molecule has 1 atom stereocenters. The van der Waals surface area contributed by atoms with Crippen molar-refractivity contribution in [1.82, 2.24) is 10.3 Å². The van der Waals surface area contributed by atoms with Crippen LogP contribution in [-0.2, 0) is 0 Å². The van der Waals surface area contributed by atoms with E-state index in [9.17, 15) is 4.39 Å². The summed E-state index contributed by atoms with van der Waals surface area (Å²) in [6, 6.07) is 6.69. The average Bonchev–Trinajstić information content (AvgIpc) is 2.41. The molecule has 106 valence electrons. The summed E-state index contributed by atoms with van der Waals surface area (Å²) in [5.74, 6) is 0.350. The van der Waals surface area contributed by atoms with Crippen molar-refractivity contribution in [2.45, 2.75) is 19.9 Å². The van der Waals surface area contributed by atoms with Crippen molar-refractivity contribution in [1.29, 1.82) is 0 Å². The third-order valence-electron chi connectivity index (χ3n) is 2.87. The number of benzene rings is 1. The molecule has 0 aliphatic heterocycles. The molecule has 3 nitrogen and oxygen atoms in total. The minimum absolute atomic E-state index is 0.00538. The van der Waals surface area contributed by atoms with E-state index in [2.05, 4.69) is 26.2 Å². The number of nitrogens with zero attached hydrogens (tertiary/aromatic N) is 1. The summed E-state index contributed by atoms with van der Waals surface area (Å²) >= 11 is 3.32. The van der Waals surface area contributed by atoms with E-state index in [0.29, 0.717) is 5.75 Å². The molecule has 0 saturated heterocycles. The zero-order valence-electron chi connectivity index (χ0n) is 11.4. The van der Waals surface area contributed by atoms with Crippen molar-refractivity contribution in [3.05, 3.63) is 52.5 Å². The number of pyridine rings is 1. The maximum Gasteiger partial charge on any atom is 0.167 e. The summed E-state index contributed by atoms with van der Waals surface area (Å²) in [6.07, 6.45) is 3.20. The first-order chi connectivity index (χ1) is 9.61. The second-order valence-electron chi connectivity index (χ2n) is 4.38. The molecule has 1 unspecified atom stereocenters. The van der Waals surface area contributed by atoms with Crippen LogP contribution in [0.5, 0.6) is 11.5 Å². The van der Waals surface area contributed by atoms with Gasteiger partial charge in [-0.1, -0.05) is 19.1 Å². The highest BCUT2D eigenvalue weighted by Gasteiger charge is 2.16. The van der Waals surface area contributed by atoms with Crippen molar-refractivity contribution in [3.63, 3.8) is 0 Å². The number of para-hydroxylation sites is 1. The number of nitrogens with one attached hydrogen (secondary N) is 1. The largest absolute Gasteiger partial charge is 0.452 e. The van der Waals surface area contributed by atoms with Gasteiger partial charge in [-0.2, -0.15) is 0 Å². The lowest BCUT2D eigenvalue weighted by molar-refractivity contribution is 0.424. The van der Waals surface area contributed by atoms with Crippen molar-refractivity contribution in [2.24, 2.45) is 0 Å². The lowest BCUT2D eigenvalue weighted by Crippen LogP contribution is -2.18. The van der Waals surface area contributed by atoms with Crippen molar-refractivity contribution in [3.8, 4) is 11.5 Å². The van der Waals surface area contributed by atoms with Gasteiger partial charge < -0.3 is 10.1 Å².